The Hall–Kier alpha value is -2.86. The molecule has 4 aliphatic rings. The summed E-state index contributed by atoms with van der Waals surface area (Å²) in [6, 6.07) is 10.1. The number of piperidine rings is 1. The van der Waals surface area contributed by atoms with Crippen LogP contribution in [0.5, 0.6) is 0 Å². The molecule has 6 heterocycles. The molecule has 0 spiro atoms. The number of ether oxygens (including phenoxy) is 2. The number of hydrogen-bond donors (Lipinski definition) is 2. The normalized spacial score (nSPS) is 21.8. The van der Waals surface area contributed by atoms with E-state index in [1.54, 1.807) is 6.20 Å². The molecule has 2 saturated heterocycles. The maximum atomic E-state index is 9.15. The second-order valence-electron chi connectivity index (χ2n) is 9.86. The lowest BCUT2D eigenvalue weighted by atomic mass is 10.0. The van der Waals surface area contributed by atoms with Crippen molar-refractivity contribution in [2.75, 3.05) is 66.3 Å². The van der Waals surface area contributed by atoms with Gasteiger partial charge in [0.15, 0.2) is 0 Å². The largest absolute Gasteiger partial charge is 0.416 e. The Morgan fingerprint density at radius 1 is 0.947 bits per heavy atom. The van der Waals surface area contributed by atoms with Crippen molar-refractivity contribution >= 4 is 29.1 Å². The van der Waals surface area contributed by atoms with Crippen molar-refractivity contribution < 1.29 is 19.0 Å². The number of nitrogens with zero attached hydrogens (tertiary/aromatic N) is 5. The number of aliphatic hydroxyl groups excluding tert-OH is 1. The van der Waals surface area contributed by atoms with Gasteiger partial charge in [0.25, 0.3) is 0 Å². The number of pyridine rings is 1. The standard InChI is InChI=1S/C27H34N6O4S/c34-12-15-38-31-20-3-4-23-24(17-20)32-9-6-21(7-10-32)35-13-1-2-22-18-33(11-14-36-22)25-16-19(5-8-28-25)26-29-30-27(23)37-26/h3-5,8,16-17,21-22,31,34H,1-2,6-7,9-15,18H2. The first-order valence-corrected chi connectivity index (χ1v) is 14.4. The first-order valence-electron chi connectivity index (χ1n) is 13.4. The predicted molar refractivity (Wildman–Crippen MR) is 149 cm³/mol. The maximum Gasteiger partial charge on any atom is 0.250 e. The summed E-state index contributed by atoms with van der Waals surface area (Å²) in [7, 11) is 0. The van der Waals surface area contributed by atoms with E-state index in [9.17, 15) is 0 Å². The molecule has 1 aromatic carbocycles. The van der Waals surface area contributed by atoms with Crippen LogP contribution in [-0.2, 0) is 9.47 Å². The number of morpholine rings is 1. The average Bonchev–Trinajstić information content (AvgIpc) is 3.46. The minimum Gasteiger partial charge on any atom is -0.416 e. The summed E-state index contributed by atoms with van der Waals surface area (Å²) < 4.78 is 21.9. The summed E-state index contributed by atoms with van der Waals surface area (Å²) in [5.74, 6) is 2.48. The molecule has 10 nitrogen and oxygen atoms in total. The minimum absolute atomic E-state index is 0.128. The van der Waals surface area contributed by atoms with Crippen LogP contribution in [0.25, 0.3) is 22.9 Å². The van der Waals surface area contributed by atoms with E-state index in [1.807, 2.05) is 24.3 Å². The van der Waals surface area contributed by atoms with Crippen LogP contribution in [0.2, 0.25) is 0 Å². The quantitative estimate of drug-likeness (QED) is 0.374. The molecular weight excluding hydrogens is 504 g/mol. The molecule has 1 atom stereocenters. The number of aliphatic hydroxyl groups is 1. The summed E-state index contributed by atoms with van der Waals surface area (Å²) in [5, 5.41) is 18.0. The topological polar surface area (TPSA) is 109 Å². The van der Waals surface area contributed by atoms with Gasteiger partial charge in [0.2, 0.25) is 11.8 Å². The van der Waals surface area contributed by atoms with Gasteiger partial charge in [0.1, 0.15) is 5.82 Å². The third kappa shape index (κ3) is 5.75. The van der Waals surface area contributed by atoms with Crippen LogP contribution in [0.3, 0.4) is 0 Å². The van der Waals surface area contributed by atoms with Crippen molar-refractivity contribution in [2.45, 2.75) is 37.9 Å². The Kier molecular flexibility index (Phi) is 7.96. The fourth-order valence-corrected chi connectivity index (χ4v) is 5.80. The van der Waals surface area contributed by atoms with Gasteiger partial charge in [-0.2, -0.15) is 0 Å². The van der Waals surface area contributed by atoms with Gasteiger partial charge in [0, 0.05) is 56.0 Å². The summed E-state index contributed by atoms with van der Waals surface area (Å²) in [6.07, 6.45) is 6.13. The van der Waals surface area contributed by atoms with Crippen LogP contribution in [0.1, 0.15) is 25.7 Å². The second kappa shape index (κ2) is 11.9. The van der Waals surface area contributed by atoms with E-state index in [0.29, 0.717) is 24.1 Å². The number of aromatic nitrogens is 3. The van der Waals surface area contributed by atoms with Crippen LogP contribution in [0, 0.1) is 0 Å². The van der Waals surface area contributed by atoms with Gasteiger partial charge in [-0.25, -0.2) is 4.98 Å². The number of hydrogen-bond acceptors (Lipinski definition) is 11. The first kappa shape index (κ1) is 25.4. The second-order valence-corrected chi connectivity index (χ2v) is 10.8. The zero-order valence-electron chi connectivity index (χ0n) is 21.4. The van der Waals surface area contributed by atoms with Crippen LogP contribution >= 0.6 is 11.9 Å². The van der Waals surface area contributed by atoms with Gasteiger partial charge in [0.05, 0.1) is 36.7 Å². The zero-order chi connectivity index (χ0) is 25.7. The fraction of sp³-hybridized carbons (Fsp3) is 0.519. The number of nitrogens with one attached hydrogen (secondary N) is 1. The molecule has 2 aromatic heterocycles. The van der Waals surface area contributed by atoms with Gasteiger partial charge >= 0.3 is 0 Å². The molecule has 0 amide bonds. The third-order valence-electron chi connectivity index (χ3n) is 7.30. The summed E-state index contributed by atoms with van der Waals surface area (Å²) in [6.45, 7) is 4.97. The highest BCUT2D eigenvalue weighted by molar-refractivity contribution is 8.00. The molecule has 0 saturated carbocycles. The lowest BCUT2D eigenvalue weighted by molar-refractivity contribution is 0.00876. The molecule has 11 heteroatoms. The molecule has 7 rings (SSSR count). The number of anilines is 3. The van der Waals surface area contributed by atoms with E-state index in [1.165, 1.54) is 11.9 Å². The van der Waals surface area contributed by atoms with Crippen LogP contribution < -0.4 is 14.5 Å². The number of benzene rings is 1. The molecule has 1 unspecified atom stereocenters. The van der Waals surface area contributed by atoms with Crippen molar-refractivity contribution in [2.24, 2.45) is 0 Å². The molecule has 3 aromatic rings. The molecule has 0 radical (unpaired) electrons. The zero-order valence-corrected chi connectivity index (χ0v) is 22.2. The van der Waals surface area contributed by atoms with Crippen LogP contribution in [0.4, 0.5) is 17.2 Å². The molecule has 0 aliphatic carbocycles. The molecular formula is C27H34N6O4S. The van der Waals surface area contributed by atoms with Crippen molar-refractivity contribution in [3.63, 3.8) is 0 Å². The predicted octanol–water partition coefficient (Wildman–Crippen LogP) is 3.84. The monoisotopic (exact) mass is 538 g/mol. The van der Waals surface area contributed by atoms with E-state index in [2.05, 4.69) is 35.8 Å². The van der Waals surface area contributed by atoms with Crippen molar-refractivity contribution in [1.82, 2.24) is 15.2 Å². The van der Waals surface area contributed by atoms with Crippen molar-refractivity contribution in [3.8, 4) is 22.9 Å². The Balaban J connectivity index is 1.34. The molecule has 2 fully saturated rings. The van der Waals surface area contributed by atoms with E-state index in [-0.39, 0.29) is 18.8 Å². The van der Waals surface area contributed by atoms with Gasteiger partial charge in [-0.3, -0.25) is 0 Å². The number of fused-ring (bicyclic) bond motifs is 5. The Bertz CT molecular complexity index is 1220. The first-order chi connectivity index (χ1) is 18.8. The highest BCUT2D eigenvalue weighted by Crippen LogP contribution is 2.36. The Morgan fingerprint density at radius 2 is 1.82 bits per heavy atom. The van der Waals surface area contributed by atoms with E-state index in [4.69, 9.17) is 19.0 Å². The maximum absolute atomic E-state index is 9.15. The number of rotatable bonds is 4. The minimum atomic E-state index is 0.128. The molecule has 8 bridgehead atoms. The summed E-state index contributed by atoms with van der Waals surface area (Å²) in [5.41, 5.74) is 3.78. The van der Waals surface area contributed by atoms with Gasteiger partial charge in [-0.05, 0) is 56.0 Å². The van der Waals surface area contributed by atoms with E-state index in [0.717, 1.165) is 86.8 Å². The van der Waals surface area contributed by atoms with E-state index >= 15 is 0 Å². The van der Waals surface area contributed by atoms with Crippen molar-refractivity contribution in [1.29, 1.82) is 0 Å². The Labute approximate surface area is 226 Å². The average molecular weight is 539 g/mol. The Morgan fingerprint density at radius 3 is 2.71 bits per heavy atom. The molecule has 38 heavy (non-hydrogen) atoms. The van der Waals surface area contributed by atoms with Crippen LogP contribution in [-0.4, -0.2) is 84.2 Å². The molecule has 202 valence electrons. The van der Waals surface area contributed by atoms with Gasteiger partial charge in [-0.1, -0.05) is 11.9 Å². The smallest absolute Gasteiger partial charge is 0.250 e. The lowest BCUT2D eigenvalue weighted by Crippen LogP contribution is -2.43. The summed E-state index contributed by atoms with van der Waals surface area (Å²) in [4.78, 5) is 9.28. The van der Waals surface area contributed by atoms with Gasteiger partial charge in [-0.15, -0.1) is 10.2 Å². The SMILES string of the molecule is OCCSNc1ccc2c(c1)N1CCC(CC1)OCCCC1CN(CCO1)c1cc(ccn1)-c1nnc-2o1. The third-order valence-corrected chi connectivity index (χ3v) is 8.07. The highest BCUT2D eigenvalue weighted by atomic mass is 32.2. The van der Waals surface area contributed by atoms with E-state index < -0.39 is 0 Å². The molecule has 4 aliphatic heterocycles. The summed E-state index contributed by atoms with van der Waals surface area (Å²) >= 11 is 1.48. The van der Waals surface area contributed by atoms with Crippen LogP contribution in [0.15, 0.2) is 40.9 Å². The van der Waals surface area contributed by atoms with Gasteiger partial charge < -0.3 is 33.5 Å². The molecule has 2 N–H and O–H groups in total. The fourth-order valence-electron chi connectivity index (χ4n) is 5.32. The highest BCUT2D eigenvalue weighted by Gasteiger charge is 2.26. The van der Waals surface area contributed by atoms with Crippen molar-refractivity contribution in [3.05, 3.63) is 36.5 Å². The lowest BCUT2D eigenvalue weighted by Gasteiger charge is -2.35.